The molecule has 0 atom stereocenters. The molecule has 0 amide bonds. The van der Waals surface area contributed by atoms with E-state index < -0.39 is 6.61 Å². The first-order valence-corrected chi connectivity index (χ1v) is 10.4. The molecule has 0 radical (unpaired) electrons. The van der Waals surface area contributed by atoms with Crippen molar-refractivity contribution in [3.63, 3.8) is 0 Å². The highest BCUT2D eigenvalue weighted by atomic mass is 127. The maximum Gasteiger partial charge on any atom is 0.387 e. The minimum absolute atomic E-state index is 0. The molecule has 2 aliphatic heterocycles. The van der Waals surface area contributed by atoms with Gasteiger partial charge < -0.3 is 34.5 Å². The molecule has 180 valence electrons. The molecule has 1 saturated heterocycles. The van der Waals surface area contributed by atoms with Crippen molar-refractivity contribution in [2.75, 3.05) is 45.0 Å². The lowest BCUT2D eigenvalue weighted by Crippen LogP contribution is -2.37. The van der Waals surface area contributed by atoms with Crippen molar-refractivity contribution in [3.05, 3.63) is 47.5 Å². The molecule has 0 aromatic heterocycles. The Hall–Kier alpha value is -2.54. The summed E-state index contributed by atoms with van der Waals surface area (Å²) < 4.78 is 46.3. The van der Waals surface area contributed by atoms with Gasteiger partial charge in [-0.3, -0.25) is 4.99 Å². The van der Waals surface area contributed by atoms with Crippen molar-refractivity contribution in [2.45, 2.75) is 19.7 Å². The van der Waals surface area contributed by atoms with Crippen molar-refractivity contribution in [3.8, 4) is 17.2 Å². The molecule has 11 heteroatoms. The number of hydrogen-bond donors (Lipinski definition) is 2. The van der Waals surface area contributed by atoms with Crippen molar-refractivity contribution in [1.82, 2.24) is 10.6 Å². The molecule has 1 fully saturated rings. The fraction of sp³-hybridized carbons (Fsp3) is 0.409. The van der Waals surface area contributed by atoms with Gasteiger partial charge in [-0.1, -0.05) is 12.1 Å². The number of nitrogens with zero attached hydrogens (tertiary/aromatic N) is 2. The monoisotopic (exact) mass is 576 g/mol. The predicted molar refractivity (Wildman–Crippen MR) is 131 cm³/mol. The summed E-state index contributed by atoms with van der Waals surface area (Å²) >= 11 is 0. The van der Waals surface area contributed by atoms with Crippen LogP contribution in [-0.4, -0.2) is 52.7 Å². The maximum atomic E-state index is 12.8. The third-order valence-corrected chi connectivity index (χ3v) is 5.21. The zero-order valence-corrected chi connectivity index (χ0v) is 20.5. The van der Waals surface area contributed by atoms with Gasteiger partial charge in [0.25, 0.3) is 0 Å². The lowest BCUT2D eigenvalue weighted by atomic mass is 10.1. The number of aliphatic imine (C=N–C) groups is 1. The second-order valence-electron chi connectivity index (χ2n) is 7.24. The van der Waals surface area contributed by atoms with Gasteiger partial charge in [0.15, 0.2) is 17.5 Å². The number of ether oxygens (including phenoxy) is 4. The number of rotatable bonds is 7. The summed E-state index contributed by atoms with van der Waals surface area (Å²) in [5, 5.41) is 6.35. The van der Waals surface area contributed by atoms with Crippen LogP contribution in [0.15, 0.2) is 41.4 Å². The molecule has 2 N–H and O–H groups in total. The van der Waals surface area contributed by atoms with E-state index in [0.717, 1.165) is 31.9 Å². The summed E-state index contributed by atoms with van der Waals surface area (Å²) in [7, 11) is 1.65. The second-order valence-corrected chi connectivity index (χ2v) is 7.24. The molecule has 0 spiro atoms. The first-order valence-electron chi connectivity index (χ1n) is 10.4. The minimum atomic E-state index is -2.94. The Morgan fingerprint density at radius 3 is 2.39 bits per heavy atom. The summed E-state index contributed by atoms with van der Waals surface area (Å²) in [6.45, 7) is 1.17. The summed E-state index contributed by atoms with van der Waals surface area (Å²) in [6.07, 6.45) is 0. The Morgan fingerprint density at radius 1 is 1.06 bits per heavy atom. The number of guanidine groups is 1. The third-order valence-electron chi connectivity index (χ3n) is 5.21. The van der Waals surface area contributed by atoms with Gasteiger partial charge in [-0.15, -0.1) is 24.0 Å². The third kappa shape index (κ3) is 6.73. The lowest BCUT2D eigenvalue weighted by Gasteiger charge is -2.28. The molecule has 2 aliphatic rings. The number of hydrogen-bond acceptors (Lipinski definition) is 6. The van der Waals surface area contributed by atoms with Gasteiger partial charge >= 0.3 is 6.61 Å². The fourth-order valence-electron chi connectivity index (χ4n) is 3.54. The lowest BCUT2D eigenvalue weighted by molar-refractivity contribution is -0.0505. The van der Waals surface area contributed by atoms with E-state index in [2.05, 4.69) is 49.5 Å². The molecule has 0 bridgehead atoms. The van der Waals surface area contributed by atoms with Gasteiger partial charge in [0, 0.05) is 50.5 Å². The summed E-state index contributed by atoms with van der Waals surface area (Å²) in [6, 6.07) is 11.4. The normalized spacial score (nSPS) is 15.3. The van der Waals surface area contributed by atoms with E-state index in [0.29, 0.717) is 29.6 Å². The van der Waals surface area contributed by atoms with E-state index >= 15 is 0 Å². The first kappa shape index (κ1) is 25.1. The highest BCUT2D eigenvalue weighted by molar-refractivity contribution is 14.0. The number of fused-ring (bicyclic) bond motifs is 1. The zero-order chi connectivity index (χ0) is 22.3. The number of nitrogens with one attached hydrogen (secondary N) is 2. The highest BCUT2D eigenvalue weighted by Gasteiger charge is 2.20. The van der Waals surface area contributed by atoms with Gasteiger partial charge in [0.1, 0.15) is 5.75 Å². The second kappa shape index (κ2) is 12.1. The smallest absolute Gasteiger partial charge is 0.387 e. The average molecular weight is 576 g/mol. The summed E-state index contributed by atoms with van der Waals surface area (Å²) in [5.41, 5.74) is 2.77. The SMILES string of the molecule is CN=C(NCc1ccc(N2CCOCC2)cc1)NCc1cc2c(cc1OC(F)F)OCO2.I. The Balaban J connectivity index is 0.00000306. The molecule has 4 rings (SSSR count). The van der Waals surface area contributed by atoms with E-state index in [1.54, 1.807) is 13.1 Å². The standard InChI is InChI=1S/C22H26F2N4O4.HI/c1-25-22(26-12-15-2-4-17(5-3-15)28-6-8-29-9-7-28)27-13-16-10-19-20(31-14-30-19)11-18(16)32-21(23)24;/h2-5,10-11,21H,6-9,12-14H2,1H3,(H2,25,26,27);1H. The fourth-order valence-corrected chi connectivity index (χ4v) is 3.54. The van der Waals surface area contributed by atoms with Crippen LogP contribution in [0.1, 0.15) is 11.1 Å². The van der Waals surface area contributed by atoms with Gasteiger partial charge in [-0.05, 0) is 23.8 Å². The van der Waals surface area contributed by atoms with E-state index in [-0.39, 0.29) is 43.1 Å². The van der Waals surface area contributed by atoms with Crippen LogP contribution in [0, 0.1) is 0 Å². The Labute approximate surface area is 208 Å². The Morgan fingerprint density at radius 2 is 1.73 bits per heavy atom. The predicted octanol–water partition coefficient (Wildman–Crippen LogP) is 3.34. The minimum Gasteiger partial charge on any atom is -0.454 e. The van der Waals surface area contributed by atoms with Gasteiger partial charge in [0.05, 0.1) is 13.2 Å². The number of benzene rings is 2. The largest absolute Gasteiger partial charge is 0.454 e. The first-order chi connectivity index (χ1) is 15.6. The van der Waals surface area contributed by atoms with Crippen LogP contribution in [-0.2, 0) is 17.8 Å². The molecular formula is C22H27F2IN4O4. The Kier molecular flexibility index (Phi) is 9.18. The quantitative estimate of drug-likeness (QED) is 0.298. The van der Waals surface area contributed by atoms with Crippen LogP contribution in [0.5, 0.6) is 17.2 Å². The van der Waals surface area contributed by atoms with Gasteiger partial charge in [0.2, 0.25) is 6.79 Å². The van der Waals surface area contributed by atoms with Crippen molar-refractivity contribution in [2.24, 2.45) is 4.99 Å². The van der Waals surface area contributed by atoms with E-state index in [9.17, 15) is 8.78 Å². The van der Waals surface area contributed by atoms with Crippen LogP contribution in [0.2, 0.25) is 0 Å². The Bertz CT molecular complexity index is 941. The number of anilines is 1. The van der Waals surface area contributed by atoms with Crippen LogP contribution in [0.25, 0.3) is 0 Å². The number of morpholine rings is 1. The van der Waals surface area contributed by atoms with E-state index in [1.165, 1.54) is 11.8 Å². The molecule has 0 unspecified atom stereocenters. The van der Waals surface area contributed by atoms with Crippen LogP contribution in [0.3, 0.4) is 0 Å². The van der Waals surface area contributed by atoms with E-state index in [4.69, 9.17) is 14.2 Å². The van der Waals surface area contributed by atoms with Gasteiger partial charge in [-0.2, -0.15) is 8.78 Å². The van der Waals surface area contributed by atoms with E-state index in [1.807, 2.05) is 0 Å². The molecule has 0 saturated carbocycles. The van der Waals surface area contributed by atoms with Crippen LogP contribution in [0.4, 0.5) is 14.5 Å². The number of alkyl halides is 2. The molecule has 2 heterocycles. The maximum absolute atomic E-state index is 12.8. The topological polar surface area (TPSA) is 76.6 Å². The van der Waals surface area contributed by atoms with Crippen LogP contribution >= 0.6 is 24.0 Å². The molecule has 8 nitrogen and oxygen atoms in total. The van der Waals surface area contributed by atoms with Crippen molar-refractivity contribution >= 4 is 35.6 Å². The molecule has 0 aliphatic carbocycles. The molecule has 2 aromatic carbocycles. The van der Waals surface area contributed by atoms with Crippen LogP contribution < -0.4 is 29.7 Å². The average Bonchev–Trinajstić information content (AvgIpc) is 3.27. The summed E-state index contributed by atoms with van der Waals surface area (Å²) in [4.78, 5) is 6.50. The highest BCUT2D eigenvalue weighted by Crippen LogP contribution is 2.38. The molecule has 2 aromatic rings. The molecule has 33 heavy (non-hydrogen) atoms. The van der Waals surface area contributed by atoms with Crippen molar-refractivity contribution in [1.29, 1.82) is 0 Å². The zero-order valence-electron chi connectivity index (χ0n) is 18.2. The number of halogens is 3. The van der Waals surface area contributed by atoms with Crippen molar-refractivity contribution < 1.29 is 27.7 Å². The summed E-state index contributed by atoms with van der Waals surface area (Å²) in [5.74, 6) is 1.44. The molecular weight excluding hydrogens is 549 g/mol. The van der Waals surface area contributed by atoms with Gasteiger partial charge in [-0.25, -0.2) is 0 Å².